The van der Waals surface area contributed by atoms with E-state index in [9.17, 15) is 4.79 Å². The Balaban J connectivity index is 1.48. The molecule has 0 aliphatic rings. The molecule has 5 nitrogen and oxygen atoms in total. The van der Waals surface area contributed by atoms with E-state index in [0.29, 0.717) is 23.8 Å². The fourth-order valence-corrected chi connectivity index (χ4v) is 4.51. The summed E-state index contributed by atoms with van der Waals surface area (Å²) < 4.78 is 12.6. The van der Waals surface area contributed by atoms with Crippen molar-refractivity contribution in [3.63, 3.8) is 0 Å². The van der Waals surface area contributed by atoms with Crippen molar-refractivity contribution in [3.05, 3.63) is 119 Å². The number of amides is 1. The fourth-order valence-electron chi connectivity index (χ4n) is 4.38. The van der Waals surface area contributed by atoms with Crippen LogP contribution in [0.3, 0.4) is 0 Å². The summed E-state index contributed by atoms with van der Waals surface area (Å²) in [5.41, 5.74) is 5.80. The molecule has 4 aromatic carbocycles. The third-order valence-corrected chi connectivity index (χ3v) is 6.68. The van der Waals surface area contributed by atoms with Crippen molar-refractivity contribution in [1.29, 1.82) is 0 Å². The summed E-state index contributed by atoms with van der Waals surface area (Å²) in [6, 6.07) is 31.6. The number of aromatic nitrogens is 1. The first-order chi connectivity index (χ1) is 18.0. The monoisotopic (exact) mass is 510 g/mol. The molecule has 0 saturated carbocycles. The van der Waals surface area contributed by atoms with Crippen molar-refractivity contribution >= 4 is 28.4 Å². The molecule has 186 valence electrons. The topological polar surface area (TPSA) is 52.5 Å². The van der Waals surface area contributed by atoms with Crippen LogP contribution >= 0.6 is 11.6 Å². The van der Waals surface area contributed by atoms with Crippen LogP contribution in [0.15, 0.2) is 97.1 Å². The van der Waals surface area contributed by atoms with Crippen LogP contribution in [-0.2, 0) is 13.1 Å². The van der Waals surface area contributed by atoms with Crippen molar-refractivity contribution < 1.29 is 14.3 Å². The lowest BCUT2D eigenvalue weighted by molar-refractivity contribution is 0.0942. The number of carbonyl (C=O) groups is 1. The first kappa shape index (κ1) is 24.5. The van der Waals surface area contributed by atoms with Crippen molar-refractivity contribution in [1.82, 2.24) is 9.88 Å². The average molecular weight is 511 g/mol. The Morgan fingerprint density at radius 2 is 1.35 bits per heavy atom. The largest absolute Gasteiger partial charge is 0.497 e. The number of hydrogen-bond acceptors (Lipinski definition) is 3. The molecule has 0 radical (unpaired) electrons. The number of nitrogens with zero attached hydrogens (tertiary/aromatic N) is 1. The number of benzene rings is 4. The second-order valence-electron chi connectivity index (χ2n) is 8.78. The molecule has 0 aliphatic carbocycles. The van der Waals surface area contributed by atoms with Crippen LogP contribution in [0.1, 0.15) is 21.6 Å². The van der Waals surface area contributed by atoms with Gasteiger partial charge in [0, 0.05) is 29.0 Å². The zero-order valence-electron chi connectivity index (χ0n) is 20.7. The van der Waals surface area contributed by atoms with Crippen LogP contribution in [0.5, 0.6) is 11.5 Å². The molecule has 0 spiro atoms. The van der Waals surface area contributed by atoms with Gasteiger partial charge in [0.05, 0.1) is 14.2 Å². The lowest BCUT2D eigenvalue weighted by atomic mass is 10.0. The van der Waals surface area contributed by atoms with Gasteiger partial charge in [0.1, 0.15) is 17.2 Å². The van der Waals surface area contributed by atoms with Gasteiger partial charge in [-0.1, -0.05) is 54.1 Å². The Labute approximate surface area is 221 Å². The molecule has 0 bridgehead atoms. The summed E-state index contributed by atoms with van der Waals surface area (Å²) in [4.78, 5) is 13.4. The van der Waals surface area contributed by atoms with Gasteiger partial charge in [0.25, 0.3) is 5.91 Å². The van der Waals surface area contributed by atoms with Crippen molar-refractivity contribution in [3.8, 4) is 22.6 Å². The third kappa shape index (κ3) is 5.47. The van der Waals surface area contributed by atoms with E-state index in [1.807, 2.05) is 78.9 Å². The molecule has 1 heterocycles. The molecule has 0 unspecified atom stereocenters. The molecular formula is C31H27ClN2O3. The highest BCUT2D eigenvalue weighted by molar-refractivity contribution is 6.30. The highest BCUT2D eigenvalue weighted by Gasteiger charge is 2.17. The van der Waals surface area contributed by atoms with E-state index in [0.717, 1.165) is 44.7 Å². The van der Waals surface area contributed by atoms with Gasteiger partial charge in [0.15, 0.2) is 0 Å². The number of methoxy groups -OCH3 is 2. The normalized spacial score (nSPS) is 10.9. The van der Waals surface area contributed by atoms with Crippen molar-refractivity contribution in [2.24, 2.45) is 0 Å². The molecule has 0 aliphatic heterocycles. The summed E-state index contributed by atoms with van der Waals surface area (Å²) in [5.74, 6) is 1.47. The molecule has 5 aromatic rings. The van der Waals surface area contributed by atoms with Gasteiger partial charge in [-0.3, -0.25) is 4.79 Å². The highest BCUT2D eigenvalue weighted by Crippen LogP contribution is 2.29. The van der Waals surface area contributed by atoms with E-state index < -0.39 is 0 Å². The van der Waals surface area contributed by atoms with Crippen LogP contribution in [0, 0.1) is 0 Å². The SMILES string of the molecule is COc1ccc(CNC(=O)c2cc3cc(-c4ccc(OC)cc4)ccc3n2Cc2ccc(Cl)cc2)cc1. The molecule has 5 rings (SSSR count). The number of fused-ring (bicyclic) bond motifs is 1. The van der Waals surface area contributed by atoms with Gasteiger partial charge in [-0.15, -0.1) is 0 Å². The van der Waals surface area contributed by atoms with Crippen molar-refractivity contribution in [2.75, 3.05) is 14.2 Å². The molecule has 0 saturated heterocycles. The first-order valence-corrected chi connectivity index (χ1v) is 12.3. The smallest absolute Gasteiger partial charge is 0.268 e. The fraction of sp³-hybridized carbons (Fsp3) is 0.129. The van der Waals surface area contributed by atoms with E-state index in [4.69, 9.17) is 21.1 Å². The quantitative estimate of drug-likeness (QED) is 0.245. The number of rotatable bonds is 8. The summed E-state index contributed by atoms with van der Waals surface area (Å²) >= 11 is 6.10. The summed E-state index contributed by atoms with van der Waals surface area (Å²) in [5, 5.41) is 4.75. The van der Waals surface area contributed by atoms with Crippen LogP contribution in [0.25, 0.3) is 22.0 Å². The predicted molar refractivity (Wildman–Crippen MR) is 149 cm³/mol. The zero-order valence-corrected chi connectivity index (χ0v) is 21.5. The van der Waals surface area contributed by atoms with E-state index in [-0.39, 0.29) is 5.91 Å². The highest BCUT2D eigenvalue weighted by atomic mass is 35.5. The second kappa shape index (κ2) is 10.8. The minimum absolute atomic E-state index is 0.132. The maximum atomic E-state index is 13.4. The number of ether oxygens (including phenoxy) is 2. The van der Waals surface area contributed by atoms with Gasteiger partial charge >= 0.3 is 0 Å². The molecule has 1 amide bonds. The van der Waals surface area contributed by atoms with E-state index >= 15 is 0 Å². The minimum Gasteiger partial charge on any atom is -0.497 e. The Bertz CT molecular complexity index is 1520. The number of carbonyl (C=O) groups excluding carboxylic acids is 1. The summed E-state index contributed by atoms with van der Waals surface area (Å²) in [6.45, 7) is 0.968. The lowest BCUT2D eigenvalue weighted by Gasteiger charge is -2.12. The maximum absolute atomic E-state index is 13.4. The Kier molecular flexibility index (Phi) is 7.15. The zero-order chi connectivity index (χ0) is 25.8. The summed E-state index contributed by atoms with van der Waals surface area (Å²) in [6.07, 6.45) is 0. The van der Waals surface area contributed by atoms with E-state index in [2.05, 4.69) is 28.1 Å². The lowest BCUT2D eigenvalue weighted by Crippen LogP contribution is -2.25. The Morgan fingerprint density at radius 1 is 0.757 bits per heavy atom. The molecule has 37 heavy (non-hydrogen) atoms. The van der Waals surface area contributed by atoms with Gasteiger partial charge in [-0.2, -0.15) is 0 Å². The molecule has 0 atom stereocenters. The van der Waals surface area contributed by atoms with Gasteiger partial charge in [-0.25, -0.2) is 0 Å². The molecule has 0 fully saturated rings. The molecular weight excluding hydrogens is 484 g/mol. The van der Waals surface area contributed by atoms with Crippen LogP contribution < -0.4 is 14.8 Å². The van der Waals surface area contributed by atoms with Crippen molar-refractivity contribution in [2.45, 2.75) is 13.1 Å². The Hall–Kier alpha value is -4.22. The number of hydrogen-bond donors (Lipinski definition) is 1. The van der Waals surface area contributed by atoms with E-state index in [1.54, 1.807) is 14.2 Å². The second-order valence-corrected chi connectivity index (χ2v) is 9.21. The van der Waals surface area contributed by atoms with Crippen LogP contribution in [-0.4, -0.2) is 24.7 Å². The molecule has 1 aromatic heterocycles. The standard InChI is InChI=1S/C31H27ClN2O3/c1-36-27-12-5-21(6-13-27)19-33-31(35)30-18-25-17-24(23-7-14-28(37-2)15-8-23)9-16-29(25)34(30)20-22-3-10-26(32)11-4-22/h3-18H,19-20H2,1-2H3,(H,33,35). The summed E-state index contributed by atoms with van der Waals surface area (Å²) in [7, 11) is 3.29. The van der Waals surface area contributed by atoms with Gasteiger partial charge < -0.3 is 19.4 Å². The third-order valence-electron chi connectivity index (χ3n) is 6.42. The average Bonchev–Trinajstić information content (AvgIpc) is 3.30. The minimum atomic E-state index is -0.132. The number of halogens is 1. The first-order valence-electron chi connectivity index (χ1n) is 12.0. The van der Waals surface area contributed by atoms with Crippen LogP contribution in [0.4, 0.5) is 0 Å². The van der Waals surface area contributed by atoms with E-state index in [1.165, 1.54) is 0 Å². The maximum Gasteiger partial charge on any atom is 0.268 e. The molecule has 6 heteroatoms. The van der Waals surface area contributed by atoms with Gasteiger partial charge in [-0.05, 0) is 76.9 Å². The Morgan fingerprint density at radius 3 is 2.00 bits per heavy atom. The van der Waals surface area contributed by atoms with Crippen LogP contribution in [0.2, 0.25) is 5.02 Å². The molecule has 1 N–H and O–H groups in total. The van der Waals surface area contributed by atoms with Gasteiger partial charge in [0.2, 0.25) is 0 Å². The number of nitrogens with one attached hydrogen (secondary N) is 1. The predicted octanol–water partition coefficient (Wildman–Crippen LogP) is 6.96.